The van der Waals surface area contributed by atoms with E-state index < -0.39 is 12.1 Å². The Morgan fingerprint density at radius 1 is 0.667 bits per heavy atom. The average molecular weight is 472 g/mol. The molecule has 33 heavy (non-hydrogen) atoms. The van der Waals surface area contributed by atoms with Crippen molar-refractivity contribution in [3.8, 4) is 0 Å². The topological polar surface area (TPSA) is 65.1 Å². The summed E-state index contributed by atoms with van der Waals surface area (Å²) < 4.78 is 15.5. The lowest BCUT2D eigenvalue weighted by molar-refractivity contribution is -0.150. The largest absolute Gasteiger partial charge is 0.464 e. The summed E-state index contributed by atoms with van der Waals surface area (Å²) in [5.74, 6) is -0.417. The Morgan fingerprint density at radius 2 is 1.12 bits per heavy atom. The summed E-state index contributed by atoms with van der Waals surface area (Å²) in [6.45, 7) is 6.98. The lowest BCUT2D eigenvalue weighted by Gasteiger charge is -2.28. The van der Waals surface area contributed by atoms with Crippen LogP contribution in [0.3, 0.4) is 0 Å². The average Bonchev–Trinajstić information content (AvgIpc) is 2.78. The van der Waals surface area contributed by atoms with Crippen LogP contribution in [0.25, 0.3) is 0 Å². The second-order valence-corrected chi connectivity index (χ2v) is 9.52. The van der Waals surface area contributed by atoms with Gasteiger partial charge in [-0.15, -0.1) is 0 Å². The number of nitrogens with zero attached hydrogens (tertiary/aromatic N) is 1. The molecule has 0 aromatic rings. The fraction of sp³-hybridized carbons (Fsp3) is 0.926. The summed E-state index contributed by atoms with van der Waals surface area (Å²) in [7, 11) is 3.12. The highest BCUT2D eigenvalue weighted by molar-refractivity contribution is 5.81. The zero-order valence-electron chi connectivity index (χ0n) is 22.4. The van der Waals surface area contributed by atoms with Gasteiger partial charge in [-0.3, -0.25) is 4.90 Å². The van der Waals surface area contributed by atoms with Crippen molar-refractivity contribution in [2.75, 3.05) is 34.0 Å². The minimum absolute atomic E-state index is 0.0569. The molecule has 0 saturated heterocycles. The fourth-order valence-corrected chi connectivity index (χ4v) is 4.04. The first-order chi connectivity index (χ1) is 16.0. The van der Waals surface area contributed by atoms with Crippen LogP contribution in [0.15, 0.2) is 0 Å². The molecule has 0 saturated carbocycles. The van der Waals surface area contributed by atoms with Crippen LogP contribution in [0.4, 0.5) is 4.79 Å². The monoisotopic (exact) mass is 471 g/mol. The summed E-state index contributed by atoms with van der Waals surface area (Å²) >= 11 is 0. The summed E-state index contributed by atoms with van der Waals surface area (Å²) in [5.41, 5.74) is 0. The van der Waals surface area contributed by atoms with Crippen LogP contribution in [-0.2, 0) is 19.0 Å². The molecule has 6 nitrogen and oxygen atoms in total. The van der Waals surface area contributed by atoms with Crippen LogP contribution >= 0.6 is 0 Å². The van der Waals surface area contributed by atoms with Crippen LogP contribution in [0.5, 0.6) is 0 Å². The van der Waals surface area contributed by atoms with Gasteiger partial charge in [-0.05, 0) is 12.3 Å². The van der Waals surface area contributed by atoms with Gasteiger partial charge in [-0.25, -0.2) is 9.59 Å². The molecule has 1 amide bonds. The van der Waals surface area contributed by atoms with Gasteiger partial charge >= 0.3 is 12.1 Å². The van der Waals surface area contributed by atoms with E-state index in [1.54, 1.807) is 14.2 Å². The molecule has 0 aliphatic rings. The highest BCUT2D eigenvalue weighted by Gasteiger charge is 2.32. The maximum absolute atomic E-state index is 12.5. The minimum atomic E-state index is -0.642. The van der Waals surface area contributed by atoms with Gasteiger partial charge < -0.3 is 14.2 Å². The fourth-order valence-electron chi connectivity index (χ4n) is 4.04. The van der Waals surface area contributed by atoms with E-state index in [2.05, 4.69) is 6.92 Å². The van der Waals surface area contributed by atoms with E-state index in [1.807, 2.05) is 13.8 Å². The maximum Gasteiger partial charge on any atom is 0.410 e. The van der Waals surface area contributed by atoms with Crippen molar-refractivity contribution in [2.45, 2.75) is 123 Å². The van der Waals surface area contributed by atoms with Gasteiger partial charge in [0.25, 0.3) is 0 Å². The van der Waals surface area contributed by atoms with Crippen LogP contribution in [0.1, 0.15) is 117 Å². The highest BCUT2D eigenvalue weighted by atomic mass is 16.6. The summed E-state index contributed by atoms with van der Waals surface area (Å²) in [5, 5.41) is 0. The standard InChI is InChI=1S/C27H53NO5/c1-6-7-8-9-10-11-12-13-14-15-16-17-18-19-20-21-32-26(29)25(24(2)3)28(4)27(30)33-23-22-31-5/h24-25H,6-23H2,1-5H3. The van der Waals surface area contributed by atoms with Gasteiger partial charge in [-0.1, -0.05) is 111 Å². The number of carbonyl (C=O) groups is 2. The molecule has 1 unspecified atom stereocenters. The smallest absolute Gasteiger partial charge is 0.410 e. The number of hydrogen-bond acceptors (Lipinski definition) is 5. The molecule has 0 aromatic carbocycles. The van der Waals surface area contributed by atoms with Crippen LogP contribution < -0.4 is 0 Å². The Hall–Kier alpha value is -1.30. The Labute approximate surface area is 204 Å². The highest BCUT2D eigenvalue weighted by Crippen LogP contribution is 2.15. The Kier molecular flexibility index (Phi) is 21.6. The van der Waals surface area contributed by atoms with Crippen LogP contribution in [-0.4, -0.2) is 57.0 Å². The molecule has 1 atom stereocenters. The third kappa shape index (κ3) is 17.8. The number of rotatable bonds is 22. The molecule has 0 fully saturated rings. The lowest BCUT2D eigenvalue weighted by atomic mass is 10.0. The van der Waals surface area contributed by atoms with Crippen molar-refractivity contribution in [1.29, 1.82) is 0 Å². The number of methoxy groups -OCH3 is 1. The van der Waals surface area contributed by atoms with Gasteiger partial charge in [0.15, 0.2) is 0 Å². The normalized spacial score (nSPS) is 12.1. The van der Waals surface area contributed by atoms with Gasteiger partial charge in [0.1, 0.15) is 12.6 Å². The van der Waals surface area contributed by atoms with Gasteiger partial charge in [0.05, 0.1) is 13.2 Å². The van der Waals surface area contributed by atoms with Gasteiger partial charge in [0.2, 0.25) is 0 Å². The van der Waals surface area contributed by atoms with Crippen LogP contribution in [0, 0.1) is 5.92 Å². The molecular weight excluding hydrogens is 418 g/mol. The molecule has 0 aliphatic heterocycles. The first-order valence-corrected chi connectivity index (χ1v) is 13.5. The van der Waals surface area contributed by atoms with Crippen molar-refractivity contribution in [3.63, 3.8) is 0 Å². The number of esters is 1. The van der Waals surface area contributed by atoms with E-state index in [1.165, 1.54) is 88.4 Å². The zero-order valence-corrected chi connectivity index (χ0v) is 22.4. The molecule has 6 heteroatoms. The molecule has 196 valence electrons. The first kappa shape index (κ1) is 31.7. The maximum atomic E-state index is 12.5. The SMILES string of the molecule is CCCCCCCCCCCCCCCCCOC(=O)C(C(C)C)N(C)C(=O)OCCOC. The summed E-state index contributed by atoms with van der Waals surface area (Å²) in [4.78, 5) is 26.0. The summed E-state index contributed by atoms with van der Waals surface area (Å²) in [6.07, 6.45) is 19.0. The van der Waals surface area contributed by atoms with E-state index >= 15 is 0 Å². The van der Waals surface area contributed by atoms with Crippen molar-refractivity contribution in [3.05, 3.63) is 0 Å². The third-order valence-electron chi connectivity index (χ3n) is 6.08. The first-order valence-electron chi connectivity index (χ1n) is 13.5. The van der Waals surface area contributed by atoms with Crippen LogP contribution in [0.2, 0.25) is 0 Å². The van der Waals surface area contributed by atoms with E-state index in [9.17, 15) is 9.59 Å². The Balaban J connectivity index is 3.73. The second-order valence-electron chi connectivity index (χ2n) is 9.52. The van der Waals surface area contributed by atoms with Crippen molar-refractivity contribution < 1.29 is 23.8 Å². The molecule has 0 rings (SSSR count). The van der Waals surface area contributed by atoms with Crippen molar-refractivity contribution in [2.24, 2.45) is 5.92 Å². The Morgan fingerprint density at radius 3 is 1.55 bits per heavy atom. The lowest BCUT2D eigenvalue weighted by Crippen LogP contribution is -2.47. The number of unbranched alkanes of at least 4 members (excludes halogenated alkanes) is 14. The van der Waals surface area contributed by atoms with Gasteiger partial charge in [-0.2, -0.15) is 0 Å². The number of ether oxygens (including phenoxy) is 3. The van der Waals surface area contributed by atoms with E-state index in [0.717, 1.165) is 12.8 Å². The van der Waals surface area contributed by atoms with E-state index in [0.29, 0.717) is 13.2 Å². The number of likely N-dealkylation sites (N-methyl/N-ethyl adjacent to an activating group) is 1. The Bertz CT molecular complexity index is 469. The number of amides is 1. The van der Waals surface area contributed by atoms with Crippen molar-refractivity contribution in [1.82, 2.24) is 4.90 Å². The summed E-state index contributed by atoms with van der Waals surface area (Å²) in [6, 6.07) is -0.642. The molecule has 0 heterocycles. The zero-order chi connectivity index (χ0) is 24.7. The van der Waals surface area contributed by atoms with Gasteiger partial charge in [0, 0.05) is 14.2 Å². The predicted molar refractivity (Wildman–Crippen MR) is 136 cm³/mol. The number of carbonyl (C=O) groups excluding carboxylic acids is 2. The van der Waals surface area contributed by atoms with E-state index in [4.69, 9.17) is 14.2 Å². The number of hydrogen-bond donors (Lipinski definition) is 0. The predicted octanol–water partition coefficient (Wildman–Crippen LogP) is 7.14. The molecule has 0 radical (unpaired) electrons. The molecule has 0 spiro atoms. The second kappa shape index (κ2) is 22.5. The minimum Gasteiger partial charge on any atom is -0.464 e. The molecule has 0 aromatic heterocycles. The molecular formula is C27H53NO5. The van der Waals surface area contributed by atoms with Crippen molar-refractivity contribution >= 4 is 12.1 Å². The molecule has 0 aliphatic carbocycles. The third-order valence-corrected chi connectivity index (χ3v) is 6.08. The quantitative estimate of drug-likeness (QED) is 0.124. The molecule has 0 bridgehead atoms. The van der Waals surface area contributed by atoms with E-state index in [-0.39, 0.29) is 18.5 Å². The molecule has 0 N–H and O–H groups in total.